The van der Waals surface area contributed by atoms with E-state index >= 15 is 0 Å². The number of rotatable bonds is 11. The van der Waals surface area contributed by atoms with Crippen LogP contribution >= 0.6 is 0 Å². The highest BCUT2D eigenvalue weighted by Gasteiger charge is 2.24. The second-order valence-corrected chi connectivity index (χ2v) is 7.32. The summed E-state index contributed by atoms with van der Waals surface area (Å²) in [5.74, 6) is -1.59. The highest BCUT2D eigenvalue weighted by Crippen LogP contribution is 2.12. The van der Waals surface area contributed by atoms with Gasteiger partial charge in [-0.1, -0.05) is 12.8 Å². The summed E-state index contributed by atoms with van der Waals surface area (Å²) in [4.78, 5) is 45.9. The summed E-state index contributed by atoms with van der Waals surface area (Å²) in [6.45, 7) is 9.65. The van der Waals surface area contributed by atoms with Crippen LogP contribution in [-0.4, -0.2) is 41.5 Å². The maximum atomic E-state index is 11.7. The Balaban J connectivity index is 3.81. The Hall–Kier alpha value is -1.92. The molecule has 7 nitrogen and oxygen atoms in total. The first-order chi connectivity index (χ1) is 11.9. The molecule has 150 valence electrons. The van der Waals surface area contributed by atoms with Crippen molar-refractivity contribution in [1.82, 2.24) is 0 Å². The lowest BCUT2D eigenvalue weighted by atomic mass is 10.1. The van der Waals surface area contributed by atoms with Crippen molar-refractivity contribution in [1.29, 1.82) is 0 Å². The van der Waals surface area contributed by atoms with Crippen molar-refractivity contribution >= 4 is 23.7 Å². The van der Waals surface area contributed by atoms with Gasteiger partial charge in [-0.05, 0) is 54.4 Å². The van der Waals surface area contributed by atoms with Crippen molar-refractivity contribution in [3.05, 3.63) is 0 Å². The summed E-state index contributed by atoms with van der Waals surface area (Å²) in [7, 11) is 0. The Morgan fingerprint density at radius 3 is 1.58 bits per heavy atom. The van der Waals surface area contributed by atoms with Crippen LogP contribution in [-0.2, 0) is 33.4 Å². The molecule has 0 fully saturated rings. The largest absolute Gasteiger partial charge is 0.457 e. The smallest absolute Gasteiger partial charge is 0.347 e. The zero-order chi connectivity index (χ0) is 20.3. The third-order valence-electron chi connectivity index (χ3n) is 3.44. The zero-order valence-corrected chi connectivity index (χ0v) is 16.8. The molecule has 0 saturated heterocycles. The molecule has 0 aromatic rings. The van der Waals surface area contributed by atoms with Crippen LogP contribution in [0.2, 0.25) is 0 Å². The number of hydrogen-bond acceptors (Lipinski definition) is 7. The molecule has 0 saturated carbocycles. The molecule has 0 aliphatic heterocycles. The lowest BCUT2D eigenvalue weighted by Gasteiger charge is -2.22. The third-order valence-corrected chi connectivity index (χ3v) is 3.44. The number of esters is 3. The molecular formula is C19H32O7. The van der Waals surface area contributed by atoms with Gasteiger partial charge in [-0.15, -0.1) is 0 Å². The molecule has 2 atom stereocenters. The third kappa shape index (κ3) is 12.4. The standard InChI is InChI=1S/C19H32O7/c1-13(20)14(2)24-16(21)11-9-7-8-10-12-17(22)25-15(3)18(23)26-19(4,5)6/h14-15H,7-12H2,1-6H3. The van der Waals surface area contributed by atoms with Crippen LogP contribution in [0, 0.1) is 0 Å². The quantitative estimate of drug-likeness (QED) is 0.312. The van der Waals surface area contributed by atoms with Gasteiger partial charge in [0.15, 0.2) is 18.0 Å². The maximum absolute atomic E-state index is 11.7. The molecule has 2 unspecified atom stereocenters. The molecule has 0 aromatic carbocycles. The van der Waals surface area contributed by atoms with Crippen molar-refractivity contribution in [2.75, 3.05) is 0 Å². The molecule has 0 aromatic heterocycles. The van der Waals surface area contributed by atoms with Crippen LogP contribution in [0.25, 0.3) is 0 Å². The van der Waals surface area contributed by atoms with Crippen LogP contribution in [0.3, 0.4) is 0 Å². The van der Waals surface area contributed by atoms with E-state index in [1.165, 1.54) is 13.8 Å². The van der Waals surface area contributed by atoms with E-state index in [2.05, 4.69) is 0 Å². The number of unbranched alkanes of at least 4 members (excludes halogenated alkanes) is 3. The Morgan fingerprint density at radius 1 is 0.769 bits per heavy atom. The van der Waals surface area contributed by atoms with Gasteiger partial charge in [-0.2, -0.15) is 0 Å². The van der Waals surface area contributed by atoms with Crippen molar-refractivity contribution in [3.63, 3.8) is 0 Å². The van der Waals surface area contributed by atoms with Gasteiger partial charge in [0.2, 0.25) is 0 Å². The van der Waals surface area contributed by atoms with E-state index in [4.69, 9.17) is 14.2 Å². The van der Waals surface area contributed by atoms with Crippen molar-refractivity contribution in [3.8, 4) is 0 Å². The van der Waals surface area contributed by atoms with E-state index in [9.17, 15) is 19.2 Å². The van der Waals surface area contributed by atoms with E-state index in [-0.39, 0.29) is 18.6 Å². The minimum absolute atomic E-state index is 0.183. The Labute approximate surface area is 155 Å². The van der Waals surface area contributed by atoms with E-state index < -0.39 is 35.7 Å². The highest BCUT2D eigenvalue weighted by molar-refractivity contribution is 5.83. The SMILES string of the molecule is CC(=O)C(C)OC(=O)CCCCCCC(=O)OC(C)C(=O)OC(C)(C)C. The van der Waals surface area contributed by atoms with Crippen LogP contribution in [0.15, 0.2) is 0 Å². The maximum Gasteiger partial charge on any atom is 0.347 e. The fourth-order valence-electron chi connectivity index (χ4n) is 1.92. The lowest BCUT2D eigenvalue weighted by molar-refractivity contribution is -0.174. The predicted octanol–water partition coefficient (Wildman–Crippen LogP) is 3.12. The van der Waals surface area contributed by atoms with Gasteiger partial charge >= 0.3 is 17.9 Å². The summed E-state index contributed by atoms with van der Waals surface area (Å²) in [6.07, 6.45) is 1.58. The van der Waals surface area contributed by atoms with E-state index in [0.717, 1.165) is 12.8 Å². The minimum Gasteiger partial charge on any atom is -0.457 e. The van der Waals surface area contributed by atoms with Gasteiger partial charge in [0.1, 0.15) is 5.60 Å². The number of ketones is 1. The van der Waals surface area contributed by atoms with Crippen LogP contribution in [0.5, 0.6) is 0 Å². The number of Topliss-reactive ketones (excluding diaryl/α,β-unsaturated/α-hetero) is 1. The normalized spacial score (nSPS) is 13.5. The van der Waals surface area contributed by atoms with Gasteiger partial charge in [0.05, 0.1) is 0 Å². The molecule has 0 bridgehead atoms. The molecule has 0 amide bonds. The average Bonchev–Trinajstić information content (AvgIpc) is 2.48. The van der Waals surface area contributed by atoms with Crippen LogP contribution < -0.4 is 0 Å². The number of ether oxygens (including phenoxy) is 3. The molecule has 0 heterocycles. The average molecular weight is 372 g/mol. The molecule has 26 heavy (non-hydrogen) atoms. The fraction of sp³-hybridized carbons (Fsp3) is 0.789. The van der Waals surface area contributed by atoms with Crippen LogP contribution in [0.1, 0.15) is 80.1 Å². The van der Waals surface area contributed by atoms with Gasteiger partial charge in [0, 0.05) is 12.8 Å². The summed E-state index contributed by atoms with van der Waals surface area (Å²) in [5, 5.41) is 0. The molecular weight excluding hydrogens is 340 g/mol. The van der Waals surface area contributed by atoms with Gasteiger partial charge in [-0.3, -0.25) is 14.4 Å². The topological polar surface area (TPSA) is 96.0 Å². The highest BCUT2D eigenvalue weighted by atomic mass is 16.6. The van der Waals surface area contributed by atoms with Crippen molar-refractivity contribution < 1.29 is 33.4 Å². The first kappa shape index (κ1) is 24.1. The summed E-state index contributed by atoms with van der Waals surface area (Å²) in [5.41, 5.74) is -0.624. The first-order valence-electron chi connectivity index (χ1n) is 9.04. The molecule has 0 N–H and O–H groups in total. The zero-order valence-electron chi connectivity index (χ0n) is 16.8. The molecule has 0 aliphatic carbocycles. The second kappa shape index (κ2) is 11.6. The summed E-state index contributed by atoms with van der Waals surface area (Å²) >= 11 is 0. The van der Waals surface area contributed by atoms with E-state index in [1.807, 2.05) is 0 Å². The number of hydrogen-bond donors (Lipinski definition) is 0. The minimum atomic E-state index is -0.931. The molecule has 0 rings (SSSR count). The fourth-order valence-corrected chi connectivity index (χ4v) is 1.92. The molecule has 7 heteroatoms. The second-order valence-electron chi connectivity index (χ2n) is 7.32. The van der Waals surface area contributed by atoms with Gasteiger partial charge < -0.3 is 14.2 Å². The van der Waals surface area contributed by atoms with E-state index in [1.54, 1.807) is 27.7 Å². The monoisotopic (exact) mass is 372 g/mol. The molecule has 0 aliphatic rings. The van der Waals surface area contributed by atoms with Crippen molar-refractivity contribution in [2.24, 2.45) is 0 Å². The molecule has 0 radical (unpaired) electrons. The Bertz CT molecular complexity index is 491. The summed E-state index contributed by atoms with van der Waals surface area (Å²) < 4.78 is 15.1. The summed E-state index contributed by atoms with van der Waals surface area (Å²) in [6, 6.07) is 0. The number of carbonyl (C=O) groups excluding carboxylic acids is 4. The number of carbonyl (C=O) groups is 4. The first-order valence-corrected chi connectivity index (χ1v) is 9.04. The van der Waals surface area contributed by atoms with E-state index in [0.29, 0.717) is 12.8 Å². The van der Waals surface area contributed by atoms with Crippen LogP contribution in [0.4, 0.5) is 0 Å². The predicted molar refractivity (Wildman–Crippen MR) is 95.3 cm³/mol. The lowest BCUT2D eigenvalue weighted by Crippen LogP contribution is -2.33. The van der Waals surface area contributed by atoms with Crippen molar-refractivity contribution in [2.45, 2.75) is 97.9 Å². The Morgan fingerprint density at radius 2 is 1.19 bits per heavy atom. The van der Waals surface area contributed by atoms with Gasteiger partial charge in [0.25, 0.3) is 0 Å². The molecule has 0 spiro atoms. The Kier molecular flexibility index (Phi) is 10.8. The van der Waals surface area contributed by atoms with Gasteiger partial charge in [-0.25, -0.2) is 4.79 Å².